The normalized spacial score (nSPS) is 12.0. The summed E-state index contributed by atoms with van der Waals surface area (Å²) in [5.41, 5.74) is 0. The molecule has 0 rings (SSSR count). The maximum atomic E-state index is 8.78. The summed E-state index contributed by atoms with van der Waals surface area (Å²) in [6.45, 7) is 0.370. The van der Waals surface area contributed by atoms with Gasteiger partial charge >= 0.3 is 6.00 Å². The van der Waals surface area contributed by atoms with Gasteiger partial charge in [0.05, 0.1) is 0 Å². The molecule has 0 saturated carbocycles. The second-order valence-electron chi connectivity index (χ2n) is 12.4. The predicted molar refractivity (Wildman–Crippen MR) is 183 cm³/mol. The topological polar surface area (TPSA) is 20.2 Å². The van der Waals surface area contributed by atoms with Crippen LogP contribution in [-0.2, 0) is 0 Å². The SMILES string of the molecule is OCCCCCCCCCCCCCCCCCCCCCCCCCCCCCCCCCC[Si](Cl)(Cl)Cl. The van der Waals surface area contributed by atoms with Crippen molar-refractivity contribution >= 4 is 39.2 Å². The van der Waals surface area contributed by atoms with Crippen LogP contribution in [0, 0.1) is 0 Å². The van der Waals surface area contributed by atoms with E-state index in [9.17, 15) is 0 Å². The number of aliphatic hydroxyl groups excluding tert-OH is 1. The van der Waals surface area contributed by atoms with Gasteiger partial charge in [0.1, 0.15) is 0 Å². The van der Waals surface area contributed by atoms with Crippen LogP contribution in [0.3, 0.4) is 0 Å². The molecule has 0 radical (unpaired) electrons. The Bertz CT molecular complexity index is 445. The molecule has 5 heteroatoms. The number of unbranched alkanes of at least 4 members (excludes halogenated alkanes) is 31. The van der Waals surface area contributed by atoms with Crippen molar-refractivity contribution in [2.75, 3.05) is 6.61 Å². The molecule has 0 fully saturated rings. The van der Waals surface area contributed by atoms with E-state index in [1.807, 2.05) is 0 Å². The number of rotatable bonds is 34. The first-order chi connectivity index (χ1) is 19.1. The molecule has 39 heavy (non-hydrogen) atoms. The van der Waals surface area contributed by atoms with Crippen molar-refractivity contribution in [3.8, 4) is 0 Å². The molecule has 0 spiro atoms. The zero-order chi connectivity index (χ0) is 28.5. The number of hydrogen-bond acceptors (Lipinski definition) is 1. The van der Waals surface area contributed by atoms with Crippen LogP contribution in [-0.4, -0.2) is 17.7 Å². The van der Waals surface area contributed by atoms with Crippen LogP contribution in [0.5, 0.6) is 0 Å². The van der Waals surface area contributed by atoms with E-state index < -0.39 is 6.00 Å². The molecular weight excluding hydrogens is 559 g/mol. The zero-order valence-electron chi connectivity index (χ0n) is 26.1. The average molecular weight is 628 g/mol. The zero-order valence-corrected chi connectivity index (χ0v) is 29.4. The maximum Gasteiger partial charge on any atom is 0.341 e. The minimum absolute atomic E-state index is 0.370. The van der Waals surface area contributed by atoms with Crippen molar-refractivity contribution in [1.82, 2.24) is 0 Å². The third-order valence-electron chi connectivity index (χ3n) is 8.37. The summed E-state index contributed by atoms with van der Waals surface area (Å²) in [6, 6.07) is -1.54. The van der Waals surface area contributed by atoms with Crippen LogP contribution in [0.4, 0.5) is 0 Å². The molecule has 0 atom stereocenters. The van der Waals surface area contributed by atoms with Gasteiger partial charge in [0, 0.05) is 6.61 Å². The second kappa shape index (κ2) is 33.5. The minimum atomic E-state index is -2.37. The summed E-state index contributed by atoms with van der Waals surface area (Å²) in [5.74, 6) is 0. The summed E-state index contributed by atoms with van der Waals surface area (Å²) in [5, 5.41) is 8.78. The Labute approximate surface area is 261 Å². The largest absolute Gasteiger partial charge is 0.396 e. The van der Waals surface area contributed by atoms with Gasteiger partial charge in [-0.3, -0.25) is 0 Å². The fraction of sp³-hybridized carbons (Fsp3) is 1.00. The number of halogens is 3. The monoisotopic (exact) mass is 626 g/mol. The second-order valence-corrected chi connectivity index (χ2v) is 21.7. The van der Waals surface area contributed by atoms with Gasteiger partial charge in [-0.1, -0.05) is 199 Å². The Morgan fingerprint density at radius 1 is 0.256 bits per heavy atom. The highest BCUT2D eigenvalue weighted by atomic mass is 35.8. The molecule has 0 aromatic heterocycles. The van der Waals surface area contributed by atoms with Gasteiger partial charge in [0.25, 0.3) is 0 Å². The van der Waals surface area contributed by atoms with E-state index in [2.05, 4.69) is 0 Å². The van der Waals surface area contributed by atoms with Gasteiger partial charge in [-0.05, 0) is 12.5 Å². The van der Waals surface area contributed by atoms with E-state index in [1.54, 1.807) is 0 Å². The molecule has 0 aromatic rings. The standard InChI is InChI=1S/C34H69Cl3OSi/c35-39(36,37)34-32-30-28-26-24-22-20-18-16-14-12-10-8-6-4-2-1-3-5-7-9-11-13-15-17-19-21-23-25-27-29-31-33-38/h38H,1-34H2. The molecule has 0 amide bonds. The van der Waals surface area contributed by atoms with Gasteiger partial charge in [0.2, 0.25) is 0 Å². The van der Waals surface area contributed by atoms with Crippen LogP contribution < -0.4 is 0 Å². The highest BCUT2D eigenvalue weighted by Gasteiger charge is 2.23. The van der Waals surface area contributed by atoms with E-state index in [0.29, 0.717) is 6.61 Å². The van der Waals surface area contributed by atoms with Gasteiger partial charge in [-0.25, -0.2) is 0 Å². The molecule has 0 aromatic carbocycles. The highest BCUT2D eigenvalue weighted by Crippen LogP contribution is 2.27. The van der Waals surface area contributed by atoms with Gasteiger partial charge < -0.3 is 5.11 Å². The third kappa shape index (κ3) is 39.0. The van der Waals surface area contributed by atoms with Crippen molar-refractivity contribution in [2.45, 2.75) is 212 Å². The lowest BCUT2D eigenvalue weighted by molar-refractivity contribution is 0.282. The third-order valence-corrected chi connectivity index (χ3v) is 11.0. The van der Waals surface area contributed by atoms with Gasteiger partial charge in [-0.2, -0.15) is 0 Å². The Balaban J connectivity index is 3.04. The van der Waals surface area contributed by atoms with E-state index in [4.69, 9.17) is 38.3 Å². The van der Waals surface area contributed by atoms with Crippen LogP contribution >= 0.6 is 33.2 Å². The molecule has 1 N–H and O–H groups in total. The Morgan fingerprint density at radius 3 is 0.564 bits per heavy atom. The fourth-order valence-corrected chi connectivity index (χ4v) is 7.59. The van der Waals surface area contributed by atoms with Crippen molar-refractivity contribution in [3.63, 3.8) is 0 Å². The van der Waals surface area contributed by atoms with Crippen molar-refractivity contribution in [2.24, 2.45) is 0 Å². The summed E-state index contributed by atoms with van der Waals surface area (Å²) in [4.78, 5) is 0. The van der Waals surface area contributed by atoms with Crippen LogP contribution in [0.25, 0.3) is 0 Å². The molecule has 0 saturated heterocycles. The van der Waals surface area contributed by atoms with Crippen molar-refractivity contribution < 1.29 is 5.11 Å². The molecule has 0 aliphatic rings. The van der Waals surface area contributed by atoms with Crippen molar-refractivity contribution in [3.05, 3.63) is 0 Å². The quantitative estimate of drug-likeness (QED) is 0.0427. The molecular formula is C34H69Cl3OSi. The minimum Gasteiger partial charge on any atom is -0.396 e. The summed E-state index contributed by atoms with van der Waals surface area (Å²) >= 11 is 17.8. The van der Waals surface area contributed by atoms with Crippen LogP contribution in [0.15, 0.2) is 0 Å². The lowest BCUT2D eigenvalue weighted by atomic mass is 10.0. The number of aliphatic hydroxyl groups is 1. The molecule has 1 nitrogen and oxygen atoms in total. The molecule has 0 aliphatic heterocycles. The Kier molecular flexibility index (Phi) is 34.4. The highest BCUT2D eigenvalue weighted by molar-refractivity contribution is 7.64. The van der Waals surface area contributed by atoms with Crippen LogP contribution in [0.1, 0.15) is 205 Å². The Morgan fingerprint density at radius 2 is 0.410 bits per heavy atom. The van der Waals surface area contributed by atoms with Gasteiger partial charge in [0.15, 0.2) is 0 Å². The first kappa shape index (κ1) is 40.0. The Hall–Kier alpha value is 1.05. The fourth-order valence-electron chi connectivity index (χ4n) is 5.74. The lowest BCUT2D eigenvalue weighted by Crippen LogP contribution is -2.07. The average Bonchev–Trinajstić information content (AvgIpc) is 2.90. The molecule has 0 unspecified atom stereocenters. The molecule has 0 bridgehead atoms. The van der Waals surface area contributed by atoms with E-state index >= 15 is 0 Å². The first-order valence-corrected chi connectivity index (χ1v) is 23.0. The van der Waals surface area contributed by atoms with E-state index in [1.165, 1.54) is 193 Å². The number of hydrogen-bond donors (Lipinski definition) is 1. The van der Waals surface area contributed by atoms with Gasteiger partial charge in [-0.15, -0.1) is 33.2 Å². The maximum absolute atomic E-state index is 8.78. The summed E-state index contributed by atoms with van der Waals surface area (Å²) in [6.07, 6.45) is 44.6. The van der Waals surface area contributed by atoms with Crippen LogP contribution in [0.2, 0.25) is 6.04 Å². The van der Waals surface area contributed by atoms with Crippen molar-refractivity contribution in [1.29, 1.82) is 0 Å². The first-order valence-electron chi connectivity index (χ1n) is 17.7. The summed E-state index contributed by atoms with van der Waals surface area (Å²) in [7, 11) is 0. The summed E-state index contributed by atoms with van der Waals surface area (Å²) < 4.78 is 0. The smallest absolute Gasteiger partial charge is 0.341 e. The van der Waals surface area contributed by atoms with E-state index in [-0.39, 0.29) is 0 Å². The van der Waals surface area contributed by atoms with E-state index in [0.717, 1.165) is 18.9 Å². The predicted octanol–water partition coefficient (Wildman–Crippen LogP) is 14.1. The molecule has 236 valence electrons. The lowest BCUT2D eigenvalue weighted by Gasteiger charge is -2.07. The molecule has 0 aliphatic carbocycles. The molecule has 0 heterocycles.